The molecule has 0 aliphatic heterocycles. The molecule has 0 spiro atoms. The van der Waals surface area contributed by atoms with E-state index in [4.69, 9.17) is 11.5 Å². The van der Waals surface area contributed by atoms with Gasteiger partial charge in [0.2, 0.25) is 0 Å². The minimum absolute atomic E-state index is 0.107. The molecule has 1 rings (SSSR count). The summed E-state index contributed by atoms with van der Waals surface area (Å²) in [6.45, 7) is 4.41. The topological polar surface area (TPSA) is 88.0 Å². The van der Waals surface area contributed by atoms with Gasteiger partial charge in [0.1, 0.15) is 0 Å². The molecule has 0 aromatic rings. The molecule has 1 aliphatic rings. The molecule has 1 saturated carbocycles. The highest BCUT2D eigenvalue weighted by Gasteiger charge is 2.24. The molecule has 4 N–H and O–H groups in total. The third-order valence-electron chi connectivity index (χ3n) is 4.01. The maximum atomic E-state index is 12.0. The van der Waals surface area contributed by atoms with Crippen molar-refractivity contribution in [2.75, 3.05) is 33.7 Å². The van der Waals surface area contributed by atoms with Crippen LogP contribution in [0.15, 0.2) is 4.99 Å². The Morgan fingerprint density at radius 1 is 1.15 bits per heavy atom. The van der Waals surface area contributed by atoms with Crippen molar-refractivity contribution in [3.63, 3.8) is 0 Å². The van der Waals surface area contributed by atoms with Gasteiger partial charge in [-0.05, 0) is 44.4 Å². The smallest absolute Gasteiger partial charge is 0.319 e. The molecule has 0 atom stereocenters. The van der Waals surface area contributed by atoms with Crippen LogP contribution >= 0.6 is 0 Å². The number of nitrogens with zero attached hydrogens (tertiary/aromatic N) is 3. The first-order chi connectivity index (χ1) is 9.43. The minimum atomic E-state index is 0.107. The van der Waals surface area contributed by atoms with Crippen LogP contribution in [0.1, 0.15) is 32.6 Å². The second kappa shape index (κ2) is 7.97. The predicted molar refractivity (Wildman–Crippen MR) is 82.5 cm³/mol. The fraction of sp³-hybridized carbons (Fsp3) is 0.857. The number of guanidine groups is 1. The van der Waals surface area contributed by atoms with Crippen molar-refractivity contribution < 1.29 is 4.79 Å². The second-order valence-electron chi connectivity index (χ2n) is 5.87. The molecule has 0 bridgehead atoms. The first-order valence-electron chi connectivity index (χ1n) is 7.45. The van der Waals surface area contributed by atoms with Crippen LogP contribution in [0.25, 0.3) is 0 Å². The molecule has 0 aromatic heterocycles. The monoisotopic (exact) mass is 283 g/mol. The standard InChI is InChI=1S/C14H29N5O/c1-4-19(14(20)18(2)3)10-12-7-5-11(6-8-12)9-17-13(15)16/h11-12H,4-10H2,1-3H3,(H4,15,16,17). The summed E-state index contributed by atoms with van der Waals surface area (Å²) in [7, 11) is 3.61. The van der Waals surface area contributed by atoms with Crippen molar-refractivity contribution in [1.82, 2.24) is 9.80 Å². The van der Waals surface area contributed by atoms with Gasteiger partial charge in [-0.1, -0.05) is 0 Å². The summed E-state index contributed by atoms with van der Waals surface area (Å²) in [4.78, 5) is 19.7. The Balaban J connectivity index is 2.37. The summed E-state index contributed by atoms with van der Waals surface area (Å²) < 4.78 is 0. The SMILES string of the molecule is CCN(CC1CCC(CN=C(N)N)CC1)C(=O)N(C)C. The van der Waals surface area contributed by atoms with E-state index in [9.17, 15) is 4.79 Å². The van der Waals surface area contributed by atoms with Gasteiger partial charge >= 0.3 is 6.03 Å². The minimum Gasteiger partial charge on any atom is -0.370 e. The van der Waals surface area contributed by atoms with Crippen molar-refractivity contribution >= 4 is 12.0 Å². The van der Waals surface area contributed by atoms with Crippen molar-refractivity contribution in [3.05, 3.63) is 0 Å². The molecule has 0 heterocycles. The molecule has 0 saturated heterocycles. The molecule has 1 aliphatic carbocycles. The van der Waals surface area contributed by atoms with Crippen molar-refractivity contribution in [1.29, 1.82) is 0 Å². The highest BCUT2D eigenvalue weighted by Crippen LogP contribution is 2.29. The van der Waals surface area contributed by atoms with Gasteiger partial charge in [0.15, 0.2) is 5.96 Å². The number of nitrogens with two attached hydrogens (primary N) is 2. The fourth-order valence-electron chi connectivity index (χ4n) is 2.77. The molecule has 0 aromatic carbocycles. The summed E-state index contributed by atoms with van der Waals surface area (Å²) in [5.41, 5.74) is 10.7. The average Bonchev–Trinajstić information content (AvgIpc) is 2.42. The number of amides is 2. The Kier molecular flexibility index (Phi) is 6.61. The number of urea groups is 1. The molecule has 0 radical (unpaired) electrons. The van der Waals surface area contributed by atoms with E-state index in [0.717, 1.165) is 45.3 Å². The van der Waals surface area contributed by atoms with Crippen LogP contribution in [0.3, 0.4) is 0 Å². The van der Waals surface area contributed by atoms with Crippen LogP contribution in [0, 0.1) is 11.8 Å². The fourth-order valence-corrected chi connectivity index (χ4v) is 2.77. The van der Waals surface area contributed by atoms with E-state index in [1.54, 1.807) is 19.0 Å². The molecule has 2 amide bonds. The largest absolute Gasteiger partial charge is 0.370 e. The first-order valence-corrected chi connectivity index (χ1v) is 7.45. The summed E-state index contributed by atoms with van der Waals surface area (Å²) >= 11 is 0. The lowest BCUT2D eigenvalue weighted by molar-refractivity contribution is 0.152. The van der Waals surface area contributed by atoms with Gasteiger partial charge in [-0.3, -0.25) is 4.99 Å². The van der Waals surface area contributed by atoms with Gasteiger partial charge < -0.3 is 21.3 Å². The summed E-state index contributed by atoms with van der Waals surface area (Å²) in [5, 5.41) is 0. The summed E-state index contributed by atoms with van der Waals surface area (Å²) in [5.74, 6) is 1.38. The lowest BCUT2D eigenvalue weighted by Crippen LogP contribution is -2.42. The van der Waals surface area contributed by atoms with Crippen molar-refractivity contribution in [2.24, 2.45) is 28.3 Å². The van der Waals surface area contributed by atoms with Crippen LogP contribution < -0.4 is 11.5 Å². The van der Waals surface area contributed by atoms with Crippen LogP contribution in [-0.2, 0) is 0 Å². The maximum Gasteiger partial charge on any atom is 0.319 e. The van der Waals surface area contributed by atoms with Gasteiger partial charge in [0.05, 0.1) is 0 Å². The van der Waals surface area contributed by atoms with E-state index in [-0.39, 0.29) is 12.0 Å². The second-order valence-corrected chi connectivity index (χ2v) is 5.87. The van der Waals surface area contributed by atoms with Crippen LogP contribution in [0.2, 0.25) is 0 Å². The number of hydrogen-bond acceptors (Lipinski definition) is 2. The Hall–Kier alpha value is -1.46. The highest BCUT2D eigenvalue weighted by atomic mass is 16.2. The van der Waals surface area contributed by atoms with Crippen molar-refractivity contribution in [3.8, 4) is 0 Å². The average molecular weight is 283 g/mol. The number of carbonyl (C=O) groups is 1. The summed E-state index contributed by atoms with van der Waals surface area (Å²) in [6, 6.07) is 0.107. The molecular weight excluding hydrogens is 254 g/mol. The van der Waals surface area contributed by atoms with E-state index in [1.807, 2.05) is 11.8 Å². The molecule has 6 nitrogen and oxygen atoms in total. The Labute approximate surface area is 122 Å². The van der Waals surface area contributed by atoms with E-state index in [2.05, 4.69) is 4.99 Å². The van der Waals surface area contributed by atoms with Gasteiger partial charge in [0, 0.05) is 33.7 Å². The van der Waals surface area contributed by atoms with E-state index in [1.165, 1.54) is 0 Å². The molecule has 6 heteroatoms. The number of hydrogen-bond donors (Lipinski definition) is 2. The quantitative estimate of drug-likeness (QED) is 0.584. The lowest BCUT2D eigenvalue weighted by atomic mass is 9.82. The van der Waals surface area contributed by atoms with Gasteiger partial charge in [0.25, 0.3) is 0 Å². The zero-order valence-electron chi connectivity index (χ0n) is 13.0. The van der Waals surface area contributed by atoms with Crippen LogP contribution in [0.5, 0.6) is 0 Å². The zero-order chi connectivity index (χ0) is 15.1. The lowest BCUT2D eigenvalue weighted by Gasteiger charge is -2.33. The predicted octanol–water partition coefficient (Wildman–Crippen LogP) is 1.07. The molecular formula is C14H29N5O. The normalized spacial score (nSPS) is 22.1. The Bertz CT molecular complexity index is 330. The molecule has 0 unspecified atom stereocenters. The highest BCUT2D eigenvalue weighted by molar-refractivity contribution is 5.75. The number of aliphatic imine (C=N–C) groups is 1. The molecule has 116 valence electrons. The molecule has 20 heavy (non-hydrogen) atoms. The van der Waals surface area contributed by atoms with Crippen LogP contribution in [-0.4, -0.2) is 55.5 Å². The van der Waals surface area contributed by atoms with Crippen LogP contribution in [0.4, 0.5) is 4.79 Å². The molecule has 1 fully saturated rings. The van der Waals surface area contributed by atoms with E-state index >= 15 is 0 Å². The number of rotatable bonds is 5. The van der Waals surface area contributed by atoms with Gasteiger partial charge in [-0.2, -0.15) is 0 Å². The Morgan fingerprint density at radius 2 is 1.70 bits per heavy atom. The van der Waals surface area contributed by atoms with E-state index < -0.39 is 0 Å². The van der Waals surface area contributed by atoms with E-state index in [0.29, 0.717) is 11.8 Å². The van der Waals surface area contributed by atoms with Gasteiger partial charge in [-0.25, -0.2) is 4.79 Å². The Morgan fingerprint density at radius 3 is 2.15 bits per heavy atom. The third-order valence-corrected chi connectivity index (χ3v) is 4.01. The maximum absolute atomic E-state index is 12.0. The number of carbonyl (C=O) groups excluding carboxylic acids is 1. The first kappa shape index (κ1) is 16.6. The van der Waals surface area contributed by atoms with Gasteiger partial charge in [-0.15, -0.1) is 0 Å². The van der Waals surface area contributed by atoms with Crippen molar-refractivity contribution in [2.45, 2.75) is 32.6 Å². The summed E-state index contributed by atoms with van der Waals surface area (Å²) in [6.07, 6.45) is 4.61. The third kappa shape index (κ3) is 5.27. The zero-order valence-corrected chi connectivity index (χ0v) is 13.0.